The Kier molecular flexibility index (Phi) is 6.37. The summed E-state index contributed by atoms with van der Waals surface area (Å²) in [5.74, 6) is 6.53. The number of nitrogens with one attached hydrogen (secondary N) is 1. The minimum Gasteiger partial charge on any atom is -0.494 e. The highest BCUT2D eigenvalue weighted by molar-refractivity contribution is 5.35. The van der Waals surface area contributed by atoms with E-state index >= 15 is 0 Å². The Balaban J connectivity index is 2.75. The van der Waals surface area contributed by atoms with Crippen molar-refractivity contribution in [3.05, 3.63) is 42.5 Å². The van der Waals surface area contributed by atoms with E-state index in [1.54, 1.807) is 0 Å². The van der Waals surface area contributed by atoms with E-state index in [-0.39, 0.29) is 6.04 Å². The molecule has 94 valence electrons. The van der Waals surface area contributed by atoms with Crippen LogP contribution >= 0.6 is 0 Å². The summed E-state index contributed by atoms with van der Waals surface area (Å²) in [6, 6.07) is 8.17. The van der Waals surface area contributed by atoms with Gasteiger partial charge in [-0.15, -0.1) is 6.58 Å². The minimum atomic E-state index is 0.137. The topological polar surface area (TPSA) is 47.3 Å². The lowest BCUT2D eigenvalue weighted by Crippen LogP contribution is -2.28. The third-order valence-corrected chi connectivity index (χ3v) is 2.70. The number of hydrogen-bond acceptors (Lipinski definition) is 3. The van der Waals surface area contributed by atoms with Crippen molar-refractivity contribution >= 4 is 0 Å². The van der Waals surface area contributed by atoms with E-state index in [9.17, 15) is 0 Å². The van der Waals surface area contributed by atoms with Crippen LogP contribution in [0.1, 0.15) is 37.8 Å². The van der Waals surface area contributed by atoms with Crippen LogP contribution in [0.4, 0.5) is 0 Å². The third-order valence-electron chi connectivity index (χ3n) is 2.70. The van der Waals surface area contributed by atoms with Crippen LogP contribution in [0, 0.1) is 0 Å². The third kappa shape index (κ3) is 4.21. The molecule has 0 aliphatic heterocycles. The van der Waals surface area contributed by atoms with Gasteiger partial charge in [0.1, 0.15) is 5.75 Å². The van der Waals surface area contributed by atoms with E-state index in [2.05, 4.69) is 18.1 Å². The molecule has 0 amide bonds. The maximum absolute atomic E-state index is 5.62. The molecule has 0 fully saturated rings. The molecule has 1 atom stereocenters. The number of nitrogens with two attached hydrogens (primary N) is 1. The van der Waals surface area contributed by atoms with Crippen LogP contribution in [0.5, 0.6) is 5.75 Å². The van der Waals surface area contributed by atoms with Crippen LogP contribution in [0.15, 0.2) is 36.9 Å². The fourth-order valence-electron chi connectivity index (χ4n) is 1.85. The normalized spacial score (nSPS) is 12.1. The summed E-state index contributed by atoms with van der Waals surface area (Å²) in [4.78, 5) is 0. The first-order valence-electron chi connectivity index (χ1n) is 6.12. The van der Waals surface area contributed by atoms with Crippen molar-refractivity contribution < 1.29 is 4.74 Å². The van der Waals surface area contributed by atoms with E-state index in [0.717, 1.165) is 30.6 Å². The second-order valence-corrected chi connectivity index (χ2v) is 3.91. The lowest BCUT2D eigenvalue weighted by Gasteiger charge is -2.19. The molecule has 0 radical (unpaired) electrons. The average molecular weight is 234 g/mol. The van der Waals surface area contributed by atoms with Gasteiger partial charge in [-0.1, -0.05) is 24.3 Å². The zero-order valence-electron chi connectivity index (χ0n) is 10.5. The highest BCUT2D eigenvalue weighted by Crippen LogP contribution is 2.27. The van der Waals surface area contributed by atoms with Gasteiger partial charge in [-0.25, -0.2) is 0 Å². The smallest absolute Gasteiger partial charge is 0.124 e. The number of hydrogen-bond donors (Lipinski definition) is 2. The second kappa shape index (κ2) is 7.87. The number of allylic oxidation sites excluding steroid dienone is 1. The second-order valence-electron chi connectivity index (χ2n) is 3.91. The summed E-state index contributed by atoms with van der Waals surface area (Å²) in [5.41, 5.74) is 3.99. The quantitative estimate of drug-likeness (QED) is 0.315. The van der Waals surface area contributed by atoms with Crippen LogP contribution in [0.3, 0.4) is 0 Å². The zero-order valence-corrected chi connectivity index (χ0v) is 10.5. The van der Waals surface area contributed by atoms with Crippen molar-refractivity contribution in [2.24, 2.45) is 5.84 Å². The molecule has 1 unspecified atom stereocenters. The highest BCUT2D eigenvalue weighted by atomic mass is 16.5. The fourth-order valence-corrected chi connectivity index (χ4v) is 1.85. The summed E-state index contributed by atoms with van der Waals surface area (Å²) in [7, 11) is 0. The van der Waals surface area contributed by atoms with Crippen molar-refractivity contribution in [2.45, 2.75) is 32.2 Å². The van der Waals surface area contributed by atoms with Crippen LogP contribution < -0.4 is 16.0 Å². The van der Waals surface area contributed by atoms with Crippen molar-refractivity contribution in [1.82, 2.24) is 5.43 Å². The molecular weight excluding hydrogens is 212 g/mol. The zero-order chi connectivity index (χ0) is 12.5. The van der Waals surface area contributed by atoms with Gasteiger partial charge in [0.05, 0.1) is 6.61 Å². The van der Waals surface area contributed by atoms with Gasteiger partial charge >= 0.3 is 0 Å². The number of unbranched alkanes of at least 4 members (excludes halogenated alkanes) is 1. The van der Waals surface area contributed by atoms with E-state index in [4.69, 9.17) is 10.6 Å². The summed E-state index contributed by atoms with van der Waals surface area (Å²) in [5, 5.41) is 0. The maximum atomic E-state index is 5.62. The average Bonchev–Trinajstić information content (AvgIpc) is 2.36. The summed E-state index contributed by atoms with van der Waals surface area (Å²) in [6.45, 7) is 6.38. The number of benzene rings is 1. The van der Waals surface area contributed by atoms with Gasteiger partial charge in [-0.3, -0.25) is 11.3 Å². The Morgan fingerprint density at radius 2 is 2.24 bits per heavy atom. The lowest BCUT2D eigenvalue weighted by atomic mass is 10.0. The molecular formula is C14H22N2O. The molecule has 0 saturated carbocycles. The summed E-state index contributed by atoms with van der Waals surface area (Å²) in [6.07, 6.45) is 4.99. The van der Waals surface area contributed by atoms with Gasteiger partial charge < -0.3 is 4.74 Å². The van der Waals surface area contributed by atoms with Gasteiger partial charge in [0.2, 0.25) is 0 Å². The van der Waals surface area contributed by atoms with Gasteiger partial charge in [-0.2, -0.15) is 0 Å². The highest BCUT2D eigenvalue weighted by Gasteiger charge is 2.13. The fraction of sp³-hybridized carbons (Fsp3) is 0.429. The molecule has 3 nitrogen and oxygen atoms in total. The molecule has 0 heterocycles. The van der Waals surface area contributed by atoms with Crippen molar-refractivity contribution in [1.29, 1.82) is 0 Å². The monoisotopic (exact) mass is 234 g/mol. The molecule has 0 spiro atoms. The molecule has 1 aromatic carbocycles. The Labute approximate surface area is 104 Å². The molecule has 17 heavy (non-hydrogen) atoms. The Morgan fingerprint density at radius 1 is 1.47 bits per heavy atom. The molecule has 0 aliphatic rings. The molecule has 0 aromatic heterocycles. The number of hydrazine groups is 1. The molecule has 0 saturated heterocycles. The molecule has 1 rings (SSSR count). The Morgan fingerprint density at radius 3 is 2.88 bits per heavy atom. The maximum Gasteiger partial charge on any atom is 0.124 e. The van der Waals surface area contributed by atoms with E-state index in [1.165, 1.54) is 0 Å². The van der Waals surface area contributed by atoms with E-state index in [1.807, 2.05) is 31.2 Å². The SMILES string of the molecule is C=CCCCC(NN)c1ccccc1OCC. The van der Waals surface area contributed by atoms with Crippen LogP contribution in [-0.4, -0.2) is 6.61 Å². The van der Waals surface area contributed by atoms with Crippen molar-refractivity contribution in [3.8, 4) is 5.75 Å². The predicted molar refractivity (Wildman–Crippen MR) is 71.7 cm³/mol. The van der Waals surface area contributed by atoms with Gasteiger partial charge in [-0.05, 0) is 32.3 Å². The van der Waals surface area contributed by atoms with Crippen molar-refractivity contribution in [3.63, 3.8) is 0 Å². The van der Waals surface area contributed by atoms with Gasteiger partial charge in [0.15, 0.2) is 0 Å². The Hall–Kier alpha value is -1.32. The first kappa shape index (κ1) is 13.7. The van der Waals surface area contributed by atoms with Gasteiger partial charge in [0.25, 0.3) is 0 Å². The van der Waals surface area contributed by atoms with E-state index in [0.29, 0.717) is 6.61 Å². The number of rotatable bonds is 8. The lowest BCUT2D eigenvalue weighted by molar-refractivity contribution is 0.329. The van der Waals surface area contributed by atoms with E-state index < -0.39 is 0 Å². The first-order valence-corrected chi connectivity index (χ1v) is 6.12. The number of ether oxygens (including phenoxy) is 1. The molecule has 0 aliphatic carbocycles. The molecule has 3 N–H and O–H groups in total. The minimum absolute atomic E-state index is 0.137. The predicted octanol–water partition coefficient (Wildman–Crippen LogP) is 2.95. The Bertz CT molecular complexity index is 339. The van der Waals surface area contributed by atoms with Crippen LogP contribution in [0.2, 0.25) is 0 Å². The molecule has 0 bridgehead atoms. The first-order chi connectivity index (χ1) is 8.33. The largest absolute Gasteiger partial charge is 0.494 e. The molecule has 1 aromatic rings. The summed E-state index contributed by atoms with van der Waals surface area (Å²) >= 11 is 0. The standard InChI is InChI=1S/C14H22N2O/c1-3-5-6-10-13(16-15)12-9-7-8-11-14(12)17-4-2/h3,7-9,11,13,16H,1,4-6,10,15H2,2H3. The summed E-state index contributed by atoms with van der Waals surface area (Å²) < 4.78 is 5.61. The van der Waals surface area contributed by atoms with Crippen LogP contribution in [-0.2, 0) is 0 Å². The number of para-hydroxylation sites is 1. The molecule has 3 heteroatoms. The van der Waals surface area contributed by atoms with Crippen molar-refractivity contribution in [2.75, 3.05) is 6.61 Å². The van der Waals surface area contributed by atoms with Gasteiger partial charge in [0, 0.05) is 11.6 Å². The van der Waals surface area contributed by atoms with Crippen LogP contribution in [0.25, 0.3) is 0 Å².